The number of rotatable bonds is 3. The highest BCUT2D eigenvalue weighted by Gasteiger charge is 2.23. The summed E-state index contributed by atoms with van der Waals surface area (Å²) >= 11 is 0. The van der Waals surface area contributed by atoms with Crippen LogP contribution < -0.4 is 0 Å². The average molecular weight is 479 g/mol. The molecule has 180 valence electrons. The summed E-state index contributed by atoms with van der Waals surface area (Å²) in [7, 11) is 0. The zero-order valence-corrected chi connectivity index (χ0v) is 21.3. The number of benzene rings is 4. The lowest BCUT2D eigenvalue weighted by atomic mass is 9.82. The van der Waals surface area contributed by atoms with Crippen molar-refractivity contribution < 1.29 is 0 Å². The van der Waals surface area contributed by atoms with Gasteiger partial charge < -0.3 is 4.40 Å². The number of fused-ring (bicyclic) bond motifs is 7. The van der Waals surface area contributed by atoms with E-state index in [1.54, 1.807) is 0 Å². The number of hydrogen-bond acceptors (Lipinski definition) is 1. The Kier molecular flexibility index (Phi) is 4.47. The van der Waals surface area contributed by atoms with Crippen LogP contribution in [0.2, 0.25) is 0 Å². The third kappa shape index (κ3) is 2.96. The second-order valence-electron chi connectivity index (χ2n) is 11.2. The van der Waals surface area contributed by atoms with Gasteiger partial charge in [-0.25, -0.2) is 0 Å². The van der Waals surface area contributed by atoms with Crippen LogP contribution in [0.1, 0.15) is 43.2 Å². The van der Waals surface area contributed by atoms with Crippen molar-refractivity contribution in [1.29, 1.82) is 0 Å². The molecular formula is C35H30N2. The number of nitrogens with zero attached hydrogens (tertiary/aromatic N) is 2. The molecule has 0 aliphatic heterocycles. The molecular weight excluding hydrogens is 448 g/mol. The van der Waals surface area contributed by atoms with Gasteiger partial charge in [0.05, 0.1) is 22.1 Å². The fourth-order valence-corrected chi connectivity index (χ4v) is 7.39. The van der Waals surface area contributed by atoms with Crippen LogP contribution in [0.4, 0.5) is 0 Å². The number of para-hydroxylation sites is 1. The van der Waals surface area contributed by atoms with Gasteiger partial charge in [-0.2, -0.15) is 0 Å². The molecule has 3 heterocycles. The molecule has 37 heavy (non-hydrogen) atoms. The van der Waals surface area contributed by atoms with Crippen LogP contribution >= 0.6 is 0 Å². The summed E-state index contributed by atoms with van der Waals surface area (Å²) in [6.45, 7) is 6.60. The third-order valence-corrected chi connectivity index (χ3v) is 9.04. The molecule has 4 aromatic carbocycles. The lowest BCUT2D eigenvalue weighted by Crippen LogP contribution is -2.09. The van der Waals surface area contributed by atoms with Gasteiger partial charge in [0.2, 0.25) is 0 Å². The van der Waals surface area contributed by atoms with Crippen LogP contribution in [0.25, 0.3) is 59.8 Å². The molecule has 1 aliphatic carbocycles. The Hall–Kier alpha value is -3.91. The largest absolute Gasteiger partial charge is 0.308 e. The van der Waals surface area contributed by atoms with E-state index in [-0.39, 0.29) is 0 Å². The highest BCUT2D eigenvalue weighted by Crippen LogP contribution is 2.44. The summed E-state index contributed by atoms with van der Waals surface area (Å²) in [4.78, 5) is 5.01. The minimum Gasteiger partial charge on any atom is -0.308 e. The number of aryl methyl sites for hydroxylation is 2. The first-order valence-corrected chi connectivity index (χ1v) is 13.7. The molecule has 1 aliphatic rings. The predicted molar refractivity (Wildman–Crippen MR) is 158 cm³/mol. The SMILES string of the molecule is C=C1CCCC(CCc2cc3ccnc4c5cc6ccccc6c(C)c5n5c6ccccc6c2c5c34)C1. The van der Waals surface area contributed by atoms with Gasteiger partial charge in [-0.3, -0.25) is 4.98 Å². The van der Waals surface area contributed by atoms with Gasteiger partial charge in [0.25, 0.3) is 0 Å². The molecule has 2 heteroatoms. The number of hydrogen-bond donors (Lipinski definition) is 0. The Labute approximate surface area is 216 Å². The first kappa shape index (κ1) is 21.2. The second kappa shape index (κ2) is 7.79. The van der Waals surface area contributed by atoms with Crippen molar-refractivity contribution in [1.82, 2.24) is 9.38 Å². The van der Waals surface area contributed by atoms with Crippen LogP contribution in [0.3, 0.4) is 0 Å². The van der Waals surface area contributed by atoms with Gasteiger partial charge in [0.1, 0.15) is 0 Å². The molecule has 0 N–H and O–H groups in total. The Bertz CT molecular complexity index is 2020. The predicted octanol–water partition coefficient (Wildman–Crippen LogP) is 9.53. The van der Waals surface area contributed by atoms with E-state index in [1.165, 1.54) is 103 Å². The lowest BCUT2D eigenvalue weighted by molar-refractivity contribution is 0.394. The molecule has 1 atom stereocenters. The van der Waals surface area contributed by atoms with Crippen molar-refractivity contribution in [2.75, 3.05) is 0 Å². The van der Waals surface area contributed by atoms with Crippen LogP contribution in [-0.4, -0.2) is 9.38 Å². The lowest BCUT2D eigenvalue weighted by Gasteiger charge is -2.23. The molecule has 0 saturated heterocycles. The molecule has 8 rings (SSSR count). The molecule has 1 unspecified atom stereocenters. The smallest absolute Gasteiger partial charge is 0.0823 e. The van der Waals surface area contributed by atoms with Crippen molar-refractivity contribution in [3.63, 3.8) is 0 Å². The van der Waals surface area contributed by atoms with E-state index in [1.807, 2.05) is 6.20 Å². The molecule has 0 radical (unpaired) electrons. The normalized spacial score (nSPS) is 16.9. The van der Waals surface area contributed by atoms with Gasteiger partial charge in [0, 0.05) is 27.7 Å². The zero-order valence-electron chi connectivity index (χ0n) is 21.3. The molecule has 2 nitrogen and oxygen atoms in total. The van der Waals surface area contributed by atoms with Crippen molar-refractivity contribution in [3.8, 4) is 0 Å². The minimum atomic E-state index is 0.760. The van der Waals surface area contributed by atoms with Crippen molar-refractivity contribution >= 4 is 59.8 Å². The van der Waals surface area contributed by atoms with Gasteiger partial charge in [-0.05, 0) is 96.9 Å². The van der Waals surface area contributed by atoms with E-state index in [4.69, 9.17) is 4.98 Å². The summed E-state index contributed by atoms with van der Waals surface area (Å²) in [6.07, 6.45) is 9.40. The number of allylic oxidation sites excluding steroid dienone is 1. The maximum absolute atomic E-state index is 5.01. The third-order valence-electron chi connectivity index (χ3n) is 9.04. The van der Waals surface area contributed by atoms with E-state index in [9.17, 15) is 0 Å². The Morgan fingerprint density at radius 3 is 2.62 bits per heavy atom. The monoisotopic (exact) mass is 478 g/mol. The van der Waals surface area contributed by atoms with E-state index in [0.29, 0.717) is 0 Å². The van der Waals surface area contributed by atoms with Gasteiger partial charge in [-0.15, -0.1) is 0 Å². The van der Waals surface area contributed by atoms with Crippen molar-refractivity contribution in [2.24, 2.45) is 5.92 Å². The van der Waals surface area contributed by atoms with Gasteiger partial charge >= 0.3 is 0 Å². The average Bonchev–Trinajstić information content (AvgIpc) is 3.27. The first-order chi connectivity index (χ1) is 18.2. The topological polar surface area (TPSA) is 17.3 Å². The quantitative estimate of drug-likeness (QED) is 0.140. The second-order valence-corrected chi connectivity index (χ2v) is 11.2. The Balaban J connectivity index is 1.51. The summed E-state index contributed by atoms with van der Waals surface area (Å²) < 4.78 is 2.56. The Morgan fingerprint density at radius 1 is 0.892 bits per heavy atom. The summed E-state index contributed by atoms with van der Waals surface area (Å²) in [5, 5.41) is 9.22. The fourth-order valence-electron chi connectivity index (χ4n) is 7.39. The van der Waals surface area contributed by atoms with Crippen LogP contribution in [0.15, 0.2) is 85.1 Å². The summed E-state index contributed by atoms with van der Waals surface area (Å²) in [5.74, 6) is 0.760. The van der Waals surface area contributed by atoms with Crippen molar-refractivity contribution in [2.45, 2.75) is 45.4 Å². The van der Waals surface area contributed by atoms with E-state index >= 15 is 0 Å². The fraction of sp³-hybridized carbons (Fsp3) is 0.229. The first-order valence-electron chi connectivity index (χ1n) is 13.7. The van der Waals surface area contributed by atoms with E-state index in [0.717, 1.165) is 17.9 Å². The molecule has 1 fully saturated rings. The van der Waals surface area contributed by atoms with Crippen molar-refractivity contribution in [3.05, 3.63) is 96.2 Å². The van der Waals surface area contributed by atoms with Gasteiger partial charge in [-0.1, -0.05) is 60.7 Å². The number of pyridine rings is 2. The van der Waals surface area contributed by atoms with Crippen LogP contribution in [0.5, 0.6) is 0 Å². The van der Waals surface area contributed by atoms with Crippen LogP contribution in [0, 0.1) is 12.8 Å². The van der Waals surface area contributed by atoms with E-state index in [2.05, 4.69) is 84.6 Å². The highest BCUT2D eigenvalue weighted by molar-refractivity contribution is 6.29. The molecule has 3 aromatic heterocycles. The highest BCUT2D eigenvalue weighted by atomic mass is 14.9. The van der Waals surface area contributed by atoms with Gasteiger partial charge in [0.15, 0.2) is 0 Å². The van der Waals surface area contributed by atoms with E-state index < -0.39 is 0 Å². The molecule has 0 bridgehead atoms. The van der Waals surface area contributed by atoms with Crippen LogP contribution in [-0.2, 0) is 6.42 Å². The maximum atomic E-state index is 5.01. The minimum absolute atomic E-state index is 0.760. The zero-order chi connectivity index (χ0) is 24.7. The molecule has 7 aromatic rings. The summed E-state index contributed by atoms with van der Waals surface area (Å²) in [6, 6.07) is 24.8. The molecule has 1 saturated carbocycles. The Morgan fingerprint density at radius 2 is 1.73 bits per heavy atom. The number of aromatic nitrogens is 2. The molecule has 0 spiro atoms. The summed E-state index contributed by atoms with van der Waals surface area (Å²) in [5.41, 5.74) is 9.30. The maximum Gasteiger partial charge on any atom is 0.0823 e. The standard InChI is InChI=1S/C35H30N2/c1-21-8-7-9-23(18-21)14-15-25-19-26-16-17-36-33-29-20-24-10-3-4-11-27(24)22(2)34(29)37-30-13-6-5-12-28(30)31(25)35(37)32(26)33/h3-6,10-13,16-17,19-20,23H,1,7-9,14-15,18H2,2H3. The molecule has 0 amide bonds.